The van der Waals surface area contributed by atoms with Crippen LogP contribution in [0.15, 0.2) is 34.5 Å². The van der Waals surface area contributed by atoms with E-state index in [9.17, 15) is 17.6 Å². The molecule has 0 atom stereocenters. The molecule has 0 saturated carbocycles. The Kier molecular flexibility index (Phi) is 3.93. The molecule has 0 unspecified atom stereocenters. The highest BCUT2D eigenvalue weighted by Gasteiger charge is 2.20. The van der Waals surface area contributed by atoms with Crippen LogP contribution in [0, 0.1) is 17.1 Å². The molecule has 9 heteroatoms. The number of hydrogen-bond donors (Lipinski definition) is 2. The van der Waals surface area contributed by atoms with Crippen LogP contribution in [0.5, 0.6) is 0 Å². The van der Waals surface area contributed by atoms with Crippen LogP contribution >= 0.6 is 11.3 Å². The largest absolute Gasteiger partial charge is 0.477 e. The van der Waals surface area contributed by atoms with Gasteiger partial charge < -0.3 is 5.11 Å². The number of thiophene rings is 1. The fourth-order valence-corrected chi connectivity index (χ4v) is 3.70. The monoisotopic (exact) mass is 326 g/mol. The Labute approximate surface area is 123 Å². The predicted molar refractivity (Wildman–Crippen MR) is 73.2 cm³/mol. The van der Waals surface area contributed by atoms with Crippen LogP contribution in [0.3, 0.4) is 0 Å². The number of nitriles is 1. The van der Waals surface area contributed by atoms with Crippen LogP contribution in [-0.2, 0) is 10.0 Å². The molecule has 0 amide bonds. The highest BCUT2D eigenvalue weighted by atomic mass is 32.2. The topological polar surface area (TPSA) is 107 Å². The summed E-state index contributed by atoms with van der Waals surface area (Å²) < 4.78 is 39.1. The summed E-state index contributed by atoms with van der Waals surface area (Å²) >= 11 is 0.577. The van der Waals surface area contributed by atoms with Crippen molar-refractivity contribution in [3.63, 3.8) is 0 Å². The molecule has 6 nitrogen and oxygen atoms in total. The van der Waals surface area contributed by atoms with E-state index in [2.05, 4.69) is 4.72 Å². The van der Waals surface area contributed by atoms with E-state index in [1.807, 2.05) is 0 Å². The molecular weight excluding hydrogens is 319 g/mol. The van der Waals surface area contributed by atoms with Crippen molar-refractivity contribution in [3.8, 4) is 6.07 Å². The Hall–Kier alpha value is -2.44. The van der Waals surface area contributed by atoms with Crippen LogP contribution in [0.25, 0.3) is 0 Å². The predicted octanol–water partition coefficient (Wildman–Crippen LogP) is 2.26. The van der Waals surface area contributed by atoms with Gasteiger partial charge in [0.15, 0.2) is 0 Å². The number of carboxylic acid groups (broad SMARTS) is 1. The molecule has 0 radical (unpaired) electrons. The van der Waals surface area contributed by atoms with Crippen molar-refractivity contribution in [1.29, 1.82) is 5.26 Å². The molecule has 0 bridgehead atoms. The normalized spacial score (nSPS) is 10.9. The first kappa shape index (κ1) is 15.0. The molecule has 2 N–H and O–H groups in total. The lowest BCUT2D eigenvalue weighted by molar-refractivity contribution is 0.0702. The minimum atomic E-state index is -4.04. The summed E-state index contributed by atoms with van der Waals surface area (Å²) in [5.74, 6) is -1.90. The van der Waals surface area contributed by atoms with Gasteiger partial charge in [-0.05, 0) is 30.3 Å². The molecular formula is C12H7FN2O4S2. The molecule has 2 rings (SSSR count). The lowest BCUT2D eigenvalue weighted by Crippen LogP contribution is -2.12. The number of aromatic carboxylic acids is 1. The number of nitrogens with one attached hydrogen (secondary N) is 1. The maximum absolute atomic E-state index is 13.0. The van der Waals surface area contributed by atoms with E-state index in [4.69, 9.17) is 10.4 Å². The van der Waals surface area contributed by atoms with Gasteiger partial charge in [0, 0.05) is 0 Å². The van der Waals surface area contributed by atoms with Crippen molar-refractivity contribution in [2.45, 2.75) is 4.21 Å². The Morgan fingerprint density at radius 2 is 2.05 bits per heavy atom. The zero-order valence-electron chi connectivity index (χ0n) is 10.2. The number of hydrogen-bond acceptors (Lipinski definition) is 5. The maximum Gasteiger partial charge on any atom is 0.345 e. The molecule has 1 heterocycles. The first-order chi connectivity index (χ1) is 9.83. The fraction of sp³-hybridized carbons (Fsp3) is 0. The first-order valence-electron chi connectivity index (χ1n) is 5.39. The number of anilines is 1. The molecule has 0 aliphatic heterocycles. The number of rotatable bonds is 4. The molecule has 0 aliphatic rings. The van der Waals surface area contributed by atoms with E-state index in [1.54, 1.807) is 6.07 Å². The quantitative estimate of drug-likeness (QED) is 0.896. The second-order valence-corrected chi connectivity index (χ2v) is 6.82. The van der Waals surface area contributed by atoms with Gasteiger partial charge in [-0.3, -0.25) is 4.72 Å². The van der Waals surface area contributed by atoms with Crippen molar-refractivity contribution in [3.05, 3.63) is 46.6 Å². The van der Waals surface area contributed by atoms with Crippen LogP contribution < -0.4 is 4.72 Å². The molecule has 0 fully saturated rings. The average molecular weight is 326 g/mol. The van der Waals surface area contributed by atoms with Crippen LogP contribution in [0.4, 0.5) is 10.1 Å². The second kappa shape index (κ2) is 5.51. The van der Waals surface area contributed by atoms with Crippen molar-refractivity contribution in [2.24, 2.45) is 0 Å². The van der Waals surface area contributed by atoms with Gasteiger partial charge in [-0.2, -0.15) is 5.26 Å². The van der Waals surface area contributed by atoms with Gasteiger partial charge in [-0.15, -0.1) is 11.3 Å². The van der Waals surface area contributed by atoms with Gasteiger partial charge >= 0.3 is 5.97 Å². The number of carbonyl (C=O) groups is 1. The van der Waals surface area contributed by atoms with Crippen molar-refractivity contribution in [1.82, 2.24) is 0 Å². The Balaban J connectivity index is 2.37. The number of carboxylic acids is 1. The number of benzene rings is 1. The van der Waals surface area contributed by atoms with Crippen LogP contribution in [0.2, 0.25) is 0 Å². The third kappa shape index (κ3) is 3.18. The number of nitrogens with zero attached hydrogens (tertiary/aromatic N) is 1. The zero-order valence-corrected chi connectivity index (χ0v) is 11.8. The molecule has 21 heavy (non-hydrogen) atoms. The molecule has 2 aromatic rings. The van der Waals surface area contributed by atoms with Gasteiger partial charge in [0.05, 0.1) is 11.3 Å². The standard InChI is InChI=1S/C12H7FN2O4S2/c13-8-1-2-9(7(5-8)6-14)15-21(18,19)11-4-3-10(20-11)12(16)17/h1-5,15H,(H,16,17). The Morgan fingerprint density at radius 1 is 1.33 bits per heavy atom. The van der Waals surface area contributed by atoms with E-state index in [0.29, 0.717) is 11.3 Å². The summed E-state index contributed by atoms with van der Waals surface area (Å²) in [6, 6.07) is 7.01. The van der Waals surface area contributed by atoms with Crippen molar-refractivity contribution < 1.29 is 22.7 Å². The number of halogens is 1. The second-order valence-electron chi connectivity index (χ2n) is 3.83. The highest BCUT2D eigenvalue weighted by Crippen LogP contribution is 2.25. The van der Waals surface area contributed by atoms with E-state index in [1.165, 1.54) is 0 Å². The van der Waals surface area contributed by atoms with Gasteiger partial charge in [-0.25, -0.2) is 17.6 Å². The maximum atomic E-state index is 13.0. The minimum Gasteiger partial charge on any atom is -0.477 e. The van der Waals surface area contributed by atoms with Gasteiger partial charge in [0.2, 0.25) is 0 Å². The third-order valence-electron chi connectivity index (χ3n) is 2.40. The Bertz CT molecular complexity index is 852. The highest BCUT2D eigenvalue weighted by molar-refractivity contribution is 7.94. The smallest absolute Gasteiger partial charge is 0.345 e. The van der Waals surface area contributed by atoms with E-state index in [-0.39, 0.29) is 20.3 Å². The lowest BCUT2D eigenvalue weighted by atomic mass is 10.2. The van der Waals surface area contributed by atoms with Gasteiger partial charge in [0.1, 0.15) is 21.0 Å². The van der Waals surface area contributed by atoms with Crippen LogP contribution in [-0.4, -0.2) is 19.5 Å². The molecule has 0 aliphatic carbocycles. The van der Waals surface area contributed by atoms with E-state index >= 15 is 0 Å². The van der Waals surface area contributed by atoms with E-state index < -0.39 is 21.8 Å². The third-order valence-corrected chi connectivity index (χ3v) is 5.33. The summed E-state index contributed by atoms with van der Waals surface area (Å²) in [6.07, 6.45) is 0. The van der Waals surface area contributed by atoms with Crippen molar-refractivity contribution >= 4 is 33.0 Å². The van der Waals surface area contributed by atoms with Gasteiger partial charge in [-0.1, -0.05) is 0 Å². The van der Waals surface area contributed by atoms with E-state index in [0.717, 1.165) is 30.3 Å². The molecule has 0 saturated heterocycles. The zero-order chi connectivity index (χ0) is 15.6. The molecule has 0 spiro atoms. The van der Waals surface area contributed by atoms with Crippen molar-refractivity contribution in [2.75, 3.05) is 4.72 Å². The summed E-state index contributed by atoms with van der Waals surface area (Å²) in [5.41, 5.74) is -0.252. The number of sulfonamides is 1. The Morgan fingerprint density at radius 3 is 2.62 bits per heavy atom. The molecule has 108 valence electrons. The summed E-state index contributed by atoms with van der Waals surface area (Å²) in [6.45, 7) is 0. The molecule has 1 aromatic carbocycles. The van der Waals surface area contributed by atoms with Gasteiger partial charge in [0.25, 0.3) is 10.0 Å². The van der Waals surface area contributed by atoms with Crippen LogP contribution in [0.1, 0.15) is 15.2 Å². The first-order valence-corrected chi connectivity index (χ1v) is 7.69. The summed E-state index contributed by atoms with van der Waals surface area (Å²) in [5, 5.41) is 17.6. The molecule has 1 aromatic heterocycles. The summed E-state index contributed by atoms with van der Waals surface area (Å²) in [4.78, 5) is 10.6. The SMILES string of the molecule is N#Cc1cc(F)ccc1NS(=O)(=O)c1ccc(C(=O)O)s1. The average Bonchev–Trinajstić information content (AvgIpc) is 2.91. The fourth-order valence-electron chi connectivity index (χ4n) is 1.47. The lowest BCUT2D eigenvalue weighted by Gasteiger charge is -2.07. The minimum absolute atomic E-state index is 0.0795. The summed E-state index contributed by atoms with van der Waals surface area (Å²) in [7, 11) is -4.04.